The number of benzene rings is 3. The number of carbonyl (C=O) groups excluding carboxylic acids is 1. The Kier molecular flexibility index (Phi) is 8.31. The predicted molar refractivity (Wildman–Crippen MR) is 132 cm³/mol. The van der Waals surface area contributed by atoms with Crippen LogP contribution in [0.25, 0.3) is 0 Å². The van der Waals surface area contributed by atoms with E-state index in [2.05, 4.69) is 70.5 Å². The lowest BCUT2D eigenvalue weighted by molar-refractivity contribution is 0.0400. The van der Waals surface area contributed by atoms with Gasteiger partial charge in [0.2, 0.25) is 0 Å². The van der Waals surface area contributed by atoms with Gasteiger partial charge in [-0.3, -0.25) is 9.80 Å². The smallest absolute Gasteiger partial charge is 0.337 e. The van der Waals surface area contributed by atoms with Crippen LogP contribution in [-0.2, 0) is 4.74 Å². The fraction of sp³-hybridized carbons (Fsp3) is 0.321. The molecule has 6 heteroatoms. The Bertz CT molecular complexity index is 980. The van der Waals surface area contributed by atoms with E-state index in [1.54, 1.807) is 24.3 Å². The van der Waals surface area contributed by atoms with Gasteiger partial charge in [0.25, 0.3) is 0 Å². The lowest BCUT2D eigenvalue weighted by atomic mass is 9.96. The highest BCUT2D eigenvalue weighted by Crippen LogP contribution is 2.29. The summed E-state index contributed by atoms with van der Waals surface area (Å²) in [7, 11) is 1.35. The number of carbonyl (C=O) groups is 1. The van der Waals surface area contributed by atoms with Crippen molar-refractivity contribution in [1.29, 1.82) is 0 Å². The first-order valence-electron chi connectivity index (χ1n) is 11.7. The molecule has 0 aromatic heterocycles. The van der Waals surface area contributed by atoms with E-state index in [1.807, 2.05) is 0 Å². The number of piperazine rings is 1. The summed E-state index contributed by atoms with van der Waals surface area (Å²) in [6.07, 6.45) is -0.592. The van der Waals surface area contributed by atoms with Gasteiger partial charge >= 0.3 is 5.97 Å². The maximum atomic E-state index is 11.5. The zero-order valence-corrected chi connectivity index (χ0v) is 19.5. The Hall–Kier alpha value is -3.19. The molecule has 0 bridgehead atoms. The number of hydrogen-bond donors (Lipinski definition) is 1. The zero-order valence-electron chi connectivity index (χ0n) is 19.5. The average Bonchev–Trinajstić information content (AvgIpc) is 2.90. The first-order valence-corrected chi connectivity index (χ1v) is 11.7. The second kappa shape index (κ2) is 11.8. The Morgan fingerprint density at radius 1 is 0.853 bits per heavy atom. The topological polar surface area (TPSA) is 62.2 Å². The second-order valence-electron chi connectivity index (χ2n) is 8.54. The second-order valence-corrected chi connectivity index (χ2v) is 8.54. The van der Waals surface area contributed by atoms with Crippen LogP contribution in [0, 0.1) is 0 Å². The van der Waals surface area contributed by atoms with E-state index in [9.17, 15) is 9.90 Å². The Morgan fingerprint density at radius 3 is 1.94 bits per heavy atom. The number of esters is 1. The number of β-amino-alcohol motifs (C(OH)–C–C–N with tert-alkyl or cyclic N) is 1. The molecule has 1 aliphatic rings. The third-order valence-electron chi connectivity index (χ3n) is 6.19. The van der Waals surface area contributed by atoms with Crippen LogP contribution in [0.1, 0.15) is 27.5 Å². The predicted octanol–water partition coefficient (Wildman–Crippen LogP) is 3.62. The van der Waals surface area contributed by atoms with Crippen molar-refractivity contribution in [3.8, 4) is 5.75 Å². The van der Waals surface area contributed by atoms with Gasteiger partial charge in [0, 0.05) is 32.7 Å². The minimum absolute atomic E-state index is 0.203. The van der Waals surface area contributed by atoms with Gasteiger partial charge in [-0.1, -0.05) is 60.7 Å². The van der Waals surface area contributed by atoms with Gasteiger partial charge in [-0.2, -0.15) is 0 Å². The third-order valence-corrected chi connectivity index (χ3v) is 6.19. The molecule has 1 fully saturated rings. The van der Waals surface area contributed by atoms with E-state index in [0.29, 0.717) is 17.9 Å². The van der Waals surface area contributed by atoms with Crippen LogP contribution in [0.3, 0.4) is 0 Å². The van der Waals surface area contributed by atoms with E-state index in [4.69, 9.17) is 9.47 Å². The van der Waals surface area contributed by atoms with Crippen LogP contribution in [0.15, 0.2) is 84.9 Å². The van der Waals surface area contributed by atoms with Crippen molar-refractivity contribution >= 4 is 5.97 Å². The Labute approximate surface area is 201 Å². The van der Waals surface area contributed by atoms with Crippen molar-refractivity contribution in [2.24, 2.45) is 0 Å². The number of methoxy groups -OCH3 is 1. The molecule has 1 aliphatic heterocycles. The molecule has 1 atom stereocenters. The number of aliphatic hydroxyl groups is 1. The van der Waals surface area contributed by atoms with Gasteiger partial charge in [0.1, 0.15) is 18.5 Å². The van der Waals surface area contributed by atoms with Crippen molar-refractivity contribution in [2.75, 3.05) is 46.4 Å². The summed E-state index contributed by atoms with van der Waals surface area (Å²) in [5.74, 6) is 0.234. The van der Waals surface area contributed by atoms with E-state index in [0.717, 1.165) is 26.2 Å². The first-order chi connectivity index (χ1) is 16.6. The highest BCUT2D eigenvalue weighted by Gasteiger charge is 2.27. The molecule has 1 heterocycles. The monoisotopic (exact) mass is 460 g/mol. The van der Waals surface area contributed by atoms with Crippen LogP contribution < -0.4 is 4.74 Å². The normalized spacial score (nSPS) is 15.7. The summed E-state index contributed by atoms with van der Waals surface area (Å²) < 4.78 is 10.4. The van der Waals surface area contributed by atoms with E-state index in [-0.39, 0.29) is 18.6 Å². The number of nitrogens with zero attached hydrogens (tertiary/aromatic N) is 2. The minimum Gasteiger partial charge on any atom is -0.491 e. The van der Waals surface area contributed by atoms with Crippen molar-refractivity contribution in [2.45, 2.75) is 12.1 Å². The molecule has 4 rings (SSSR count). The van der Waals surface area contributed by atoms with Gasteiger partial charge in [-0.25, -0.2) is 4.79 Å². The minimum atomic E-state index is -0.592. The SMILES string of the molecule is COC(=O)c1ccc(OC[C@H](O)CN2CCN(C(c3ccccc3)c3ccccc3)CC2)cc1. The molecular weight excluding hydrogens is 428 g/mol. The Balaban J connectivity index is 1.28. The molecule has 1 saturated heterocycles. The molecule has 0 aliphatic carbocycles. The summed E-state index contributed by atoms with van der Waals surface area (Å²) >= 11 is 0. The van der Waals surface area contributed by atoms with Crippen LogP contribution in [0.4, 0.5) is 0 Å². The standard InChI is InChI=1S/C28H32N2O4/c1-33-28(32)24-12-14-26(15-13-24)34-21-25(31)20-29-16-18-30(19-17-29)27(22-8-4-2-5-9-22)23-10-6-3-7-11-23/h2-15,25,27,31H,16-21H2,1H3/t25-/m1/s1. The molecule has 0 amide bonds. The van der Waals surface area contributed by atoms with E-state index < -0.39 is 6.10 Å². The van der Waals surface area contributed by atoms with Crippen LogP contribution in [0.5, 0.6) is 5.75 Å². The summed E-state index contributed by atoms with van der Waals surface area (Å²) in [4.78, 5) is 16.3. The number of rotatable bonds is 9. The summed E-state index contributed by atoms with van der Waals surface area (Å²) in [6, 6.07) is 28.3. The van der Waals surface area contributed by atoms with Crippen LogP contribution in [0.2, 0.25) is 0 Å². The molecule has 3 aromatic carbocycles. The fourth-order valence-corrected chi connectivity index (χ4v) is 4.44. The molecule has 6 nitrogen and oxygen atoms in total. The lowest BCUT2D eigenvalue weighted by Gasteiger charge is -2.40. The van der Waals surface area contributed by atoms with Crippen molar-refractivity contribution < 1.29 is 19.4 Å². The maximum Gasteiger partial charge on any atom is 0.337 e. The molecule has 0 spiro atoms. The lowest BCUT2D eigenvalue weighted by Crippen LogP contribution is -2.50. The fourth-order valence-electron chi connectivity index (χ4n) is 4.44. The molecular formula is C28H32N2O4. The number of ether oxygens (including phenoxy) is 2. The number of aliphatic hydroxyl groups excluding tert-OH is 1. The molecule has 0 radical (unpaired) electrons. The third kappa shape index (κ3) is 6.23. The molecule has 0 saturated carbocycles. The van der Waals surface area contributed by atoms with Gasteiger partial charge in [0.15, 0.2) is 0 Å². The molecule has 1 N–H and O–H groups in total. The highest BCUT2D eigenvalue weighted by atomic mass is 16.5. The first kappa shape index (κ1) is 24.0. The molecule has 178 valence electrons. The largest absolute Gasteiger partial charge is 0.491 e. The zero-order chi connectivity index (χ0) is 23.8. The van der Waals surface area contributed by atoms with Crippen LogP contribution >= 0.6 is 0 Å². The highest BCUT2D eigenvalue weighted by molar-refractivity contribution is 5.89. The van der Waals surface area contributed by atoms with Crippen molar-refractivity contribution in [1.82, 2.24) is 9.80 Å². The number of hydrogen-bond acceptors (Lipinski definition) is 6. The Morgan fingerprint density at radius 2 is 1.41 bits per heavy atom. The molecule has 0 unspecified atom stereocenters. The van der Waals surface area contributed by atoms with Crippen LogP contribution in [-0.4, -0.2) is 73.4 Å². The maximum absolute atomic E-state index is 11.5. The summed E-state index contributed by atoms with van der Waals surface area (Å²) in [6.45, 7) is 4.40. The van der Waals surface area contributed by atoms with Crippen molar-refractivity contribution in [3.05, 3.63) is 102 Å². The van der Waals surface area contributed by atoms with Crippen molar-refractivity contribution in [3.63, 3.8) is 0 Å². The molecule has 34 heavy (non-hydrogen) atoms. The average molecular weight is 461 g/mol. The van der Waals surface area contributed by atoms with Gasteiger partial charge in [-0.05, 0) is 35.4 Å². The van der Waals surface area contributed by atoms with Gasteiger partial charge in [0.05, 0.1) is 18.7 Å². The quantitative estimate of drug-likeness (QED) is 0.492. The van der Waals surface area contributed by atoms with Gasteiger partial charge in [-0.15, -0.1) is 0 Å². The van der Waals surface area contributed by atoms with E-state index >= 15 is 0 Å². The summed E-state index contributed by atoms with van der Waals surface area (Å²) in [5.41, 5.74) is 3.07. The van der Waals surface area contributed by atoms with E-state index in [1.165, 1.54) is 18.2 Å². The molecule has 3 aromatic rings. The summed E-state index contributed by atoms with van der Waals surface area (Å²) in [5, 5.41) is 10.5. The van der Waals surface area contributed by atoms with Gasteiger partial charge < -0.3 is 14.6 Å².